The first-order valence-corrected chi connectivity index (χ1v) is 6.69. The Labute approximate surface area is 115 Å². The minimum Gasteiger partial charge on any atom is -0.491 e. The van der Waals surface area contributed by atoms with Crippen LogP contribution in [0.15, 0.2) is 29.4 Å². The van der Waals surface area contributed by atoms with Gasteiger partial charge in [0.05, 0.1) is 12.3 Å². The summed E-state index contributed by atoms with van der Waals surface area (Å²) in [7, 11) is 0. The molecule has 0 saturated heterocycles. The molecule has 1 rings (SSSR count). The number of rotatable bonds is 8. The summed E-state index contributed by atoms with van der Waals surface area (Å²) in [6.07, 6.45) is 0.694. The summed E-state index contributed by atoms with van der Waals surface area (Å²) in [5.74, 6) is 1.34. The van der Waals surface area contributed by atoms with Crippen molar-refractivity contribution < 1.29 is 14.7 Å². The average Bonchev–Trinajstić information content (AvgIpc) is 2.41. The summed E-state index contributed by atoms with van der Waals surface area (Å²) in [6, 6.07) is 7.53. The van der Waals surface area contributed by atoms with Crippen molar-refractivity contribution in [2.45, 2.75) is 27.2 Å². The predicted molar refractivity (Wildman–Crippen MR) is 76.2 cm³/mol. The van der Waals surface area contributed by atoms with Crippen LogP contribution in [0.3, 0.4) is 0 Å². The third-order valence-corrected chi connectivity index (χ3v) is 2.59. The molecule has 0 aromatic heterocycles. The molecule has 0 amide bonds. The SMILES string of the molecule is CC/C(=N/O)c1ccc(OCCOCC(C)C)cc1. The van der Waals surface area contributed by atoms with E-state index >= 15 is 0 Å². The van der Waals surface area contributed by atoms with E-state index in [2.05, 4.69) is 19.0 Å². The lowest BCUT2D eigenvalue weighted by molar-refractivity contribution is 0.0819. The van der Waals surface area contributed by atoms with Crippen molar-refractivity contribution in [2.24, 2.45) is 11.1 Å². The van der Waals surface area contributed by atoms with Crippen molar-refractivity contribution in [1.29, 1.82) is 0 Å². The molecule has 4 heteroatoms. The average molecular weight is 265 g/mol. The maximum Gasteiger partial charge on any atom is 0.119 e. The van der Waals surface area contributed by atoms with Crippen LogP contribution in [0.5, 0.6) is 5.75 Å². The molecular formula is C15H23NO3. The van der Waals surface area contributed by atoms with Crippen LogP contribution in [0.25, 0.3) is 0 Å². The Bertz CT molecular complexity index is 385. The molecule has 0 radical (unpaired) electrons. The van der Waals surface area contributed by atoms with Crippen molar-refractivity contribution in [3.8, 4) is 5.75 Å². The highest BCUT2D eigenvalue weighted by Gasteiger charge is 2.02. The number of oxime groups is 1. The van der Waals surface area contributed by atoms with Gasteiger partial charge in [0.15, 0.2) is 0 Å². The van der Waals surface area contributed by atoms with E-state index in [4.69, 9.17) is 14.7 Å². The molecule has 0 unspecified atom stereocenters. The molecule has 0 heterocycles. The van der Waals surface area contributed by atoms with E-state index in [-0.39, 0.29) is 0 Å². The zero-order valence-electron chi connectivity index (χ0n) is 11.9. The lowest BCUT2D eigenvalue weighted by Crippen LogP contribution is -2.10. The molecule has 0 spiro atoms. The topological polar surface area (TPSA) is 51.1 Å². The molecule has 0 aliphatic heterocycles. The summed E-state index contributed by atoms with van der Waals surface area (Å²) in [6.45, 7) is 8.08. The van der Waals surface area contributed by atoms with Gasteiger partial charge < -0.3 is 14.7 Å². The van der Waals surface area contributed by atoms with Gasteiger partial charge in [-0.3, -0.25) is 0 Å². The van der Waals surface area contributed by atoms with Gasteiger partial charge in [0.2, 0.25) is 0 Å². The van der Waals surface area contributed by atoms with Gasteiger partial charge in [-0.25, -0.2) is 0 Å². The van der Waals surface area contributed by atoms with Gasteiger partial charge in [0, 0.05) is 6.61 Å². The fourth-order valence-electron chi connectivity index (χ4n) is 1.61. The normalized spacial score (nSPS) is 11.9. The Morgan fingerprint density at radius 2 is 1.89 bits per heavy atom. The minimum absolute atomic E-state index is 0.542. The van der Waals surface area contributed by atoms with Crippen molar-refractivity contribution in [3.05, 3.63) is 29.8 Å². The van der Waals surface area contributed by atoms with Gasteiger partial charge in [0.1, 0.15) is 12.4 Å². The summed E-state index contributed by atoms with van der Waals surface area (Å²) in [5.41, 5.74) is 1.58. The summed E-state index contributed by atoms with van der Waals surface area (Å²) < 4.78 is 11.0. The second-order valence-corrected chi connectivity index (χ2v) is 4.74. The maximum absolute atomic E-state index is 8.83. The molecule has 0 bridgehead atoms. The van der Waals surface area contributed by atoms with Gasteiger partial charge in [-0.05, 0) is 42.2 Å². The third kappa shape index (κ3) is 5.75. The molecule has 1 N–H and O–H groups in total. The lowest BCUT2D eigenvalue weighted by Gasteiger charge is -2.09. The fourth-order valence-corrected chi connectivity index (χ4v) is 1.61. The predicted octanol–water partition coefficient (Wildman–Crippen LogP) is 3.33. The molecular weight excluding hydrogens is 242 g/mol. The second kappa shape index (κ2) is 8.53. The fraction of sp³-hybridized carbons (Fsp3) is 0.533. The van der Waals surface area contributed by atoms with Gasteiger partial charge in [-0.1, -0.05) is 25.9 Å². The second-order valence-electron chi connectivity index (χ2n) is 4.74. The molecule has 0 aliphatic rings. The van der Waals surface area contributed by atoms with Gasteiger partial charge in [0.25, 0.3) is 0 Å². The Balaban J connectivity index is 2.36. The van der Waals surface area contributed by atoms with Crippen LogP contribution in [-0.4, -0.2) is 30.7 Å². The zero-order valence-corrected chi connectivity index (χ0v) is 11.9. The molecule has 106 valence electrons. The maximum atomic E-state index is 8.83. The van der Waals surface area contributed by atoms with Crippen LogP contribution in [-0.2, 0) is 4.74 Å². The minimum atomic E-state index is 0.542. The third-order valence-electron chi connectivity index (χ3n) is 2.59. The molecule has 0 saturated carbocycles. The summed E-state index contributed by atoms with van der Waals surface area (Å²) in [5, 5.41) is 12.1. The standard InChI is InChI=1S/C15H23NO3/c1-4-15(16-17)13-5-7-14(8-6-13)19-10-9-18-11-12(2)3/h5-8,12,17H,4,9-11H2,1-3H3/b16-15-. The number of hydrogen-bond donors (Lipinski definition) is 1. The highest BCUT2D eigenvalue weighted by Crippen LogP contribution is 2.13. The van der Waals surface area contributed by atoms with E-state index in [0.717, 1.165) is 17.9 Å². The number of ether oxygens (including phenoxy) is 2. The quantitative estimate of drug-likeness (QED) is 0.339. The van der Waals surface area contributed by atoms with E-state index in [9.17, 15) is 0 Å². The van der Waals surface area contributed by atoms with Crippen molar-refractivity contribution in [2.75, 3.05) is 19.8 Å². The molecule has 4 nitrogen and oxygen atoms in total. The molecule has 0 aliphatic carbocycles. The van der Waals surface area contributed by atoms with Crippen molar-refractivity contribution in [3.63, 3.8) is 0 Å². The van der Waals surface area contributed by atoms with Crippen LogP contribution in [0.4, 0.5) is 0 Å². The van der Waals surface area contributed by atoms with E-state index in [1.807, 2.05) is 31.2 Å². The van der Waals surface area contributed by atoms with Crippen molar-refractivity contribution in [1.82, 2.24) is 0 Å². The van der Waals surface area contributed by atoms with Gasteiger partial charge in [-0.15, -0.1) is 0 Å². The van der Waals surface area contributed by atoms with Crippen LogP contribution in [0, 0.1) is 5.92 Å². The molecule has 1 aromatic rings. The molecule has 0 atom stereocenters. The first-order valence-electron chi connectivity index (χ1n) is 6.69. The highest BCUT2D eigenvalue weighted by molar-refractivity contribution is 6.00. The first kappa shape index (κ1) is 15.5. The smallest absolute Gasteiger partial charge is 0.119 e. The van der Waals surface area contributed by atoms with E-state index in [0.29, 0.717) is 31.3 Å². The van der Waals surface area contributed by atoms with Crippen LogP contribution in [0.1, 0.15) is 32.8 Å². The molecule has 0 fully saturated rings. The number of nitrogens with zero attached hydrogens (tertiary/aromatic N) is 1. The Hall–Kier alpha value is -1.55. The highest BCUT2D eigenvalue weighted by atomic mass is 16.5. The van der Waals surface area contributed by atoms with E-state index in [1.165, 1.54) is 0 Å². The number of hydrogen-bond acceptors (Lipinski definition) is 4. The van der Waals surface area contributed by atoms with E-state index < -0.39 is 0 Å². The monoisotopic (exact) mass is 265 g/mol. The van der Waals surface area contributed by atoms with Crippen LogP contribution in [0.2, 0.25) is 0 Å². The van der Waals surface area contributed by atoms with Gasteiger partial charge >= 0.3 is 0 Å². The molecule has 1 aromatic carbocycles. The van der Waals surface area contributed by atoms with Crippen LogP contribution < -0.4 is 4.74 Å². The largest absolute Gasteiger partial charge is 0.491 e. The van der Waals surface area contributed by atoms with Gasteiger partial charge in [-0.2, -0.15) is 0 Å². The van der Waals surface area contributed by atoms with E-state index in [1.54, 1.807) is 0 Å². The Morgan fingerprint density at radius 3 is 2.42 bits per heavy atom. The summed E-state index contributed by atoms with van der Waals surface area (Å²) >= 11 is 0. The Morgan fingerprint density at radius 1 is 1.21 bits per heavy atom. The van der Waals surface area contributed by atoms with Crippen LogP contribution >= 0.6 is 0 Å². The summed E-state index contributed by atoms with van der Waals surface area (Å²) in [4.78, 5) is 0. The molecule has 19 heavy (non-hydrogen) atoms. The number of benzene rings is 1. The Kier molecular flexibility index (Phi) is 6.97. The lowest BCUT2D eigenvalue weighted by atomic mass is 10.1. The zero-order chi connectivity index (χ0) is 14.1. The first-order chi connectivity index (χ1) is 9.17. The van der Waals surface area contributed by atoms with Crippen molar-refractivity contribution >= 4 is 5.71 Å².